The lowest BCUT2D eigenvalue weighted by Gasteiger charge is -2.27. The number of esters is 1. The van der Waals surface area contributed by atoms with Crippen LogP contribution >= 0.6 is 0 Å². The lowest BCUT2D eigenvalue weighted by Crippen LogP contribution is -2.22. The number of carbonyl (C=O) groups excluding carboxylic acids is 2. The zero-order chi connectivity index (χ0) is 27.0. The van der Waals surface area contributed by atoms with Crippen molar-refractivity contribution in [2.45, 2.75) is 12.3 Å². The summed E-state index contributed by atoms with van der Waals surface area (Å²) in [6, 6.07) is 12.0. The van der Waals surface area contributed by atoms with Gasteiger partial charge >= 0.3 is 5.97 Å². The van der Waals surface area contributed by atoms with Crippen LogP contribution in [0.15, 0.2) is 48.2 Å². The standard InChI is InChI=1S/C29H26O9/c1-32-20-8-6-7-16(28(20)36-5)18-13-25(30)37-19-10-9-17-27(31)24(38-29(17)26(18)19)12-15-11-22(34-3)23(35-4)14-21(15)33-2/h6-12,14,18H,13H2,1-5H3. The van der Waals surface area contributed by atoms with E-state index in [0.717, 1.165) is 0 Å². The van der Waals surface area contributed by atoms with Gasteiger partial charge in [-0.3, -0.25) is 9.59 Å². The molecule has 0 fully saturated rings. The quantitative estimate of drug-likeness (QED) is 0.248. The zero-order valence-corrected chi connectivity index (χ0v) is 21.6. The average molecular weight is 519 g/mol. The highest BCUT2D eigenvalue weighted by Crippen LogP contribution is 2.51. The largest absolute Gasteiger partial charge is 0.496 e. The lowest BCUT2D eigenvalue weighted by atomic mass is 9.84. The van der Waals surface area contributed by atoms with Crippen LogP contribution in [0.25, 0.3) is 6.08 Å². The van der Waals surface area contributed by atoms with E-state index in [0.29, 0.717) is 62.5 Å². The second kappa shape index (κ2) is 10.0. The van der Waals surface area contributed by atoms with Crippen LogP contribution in [0.4, 0.5) is 0 Å². The van der Waals surface area contributed by atoms with Gasteiger partial charge in [-0.2, -0.15) is 0 Å². The van der Waals surface area contributed by atoms with Crippen LogP contribution in [0.2, 0.25) is 0 Å². The molecular weight excluding hydrogens is 492 g/mol. The summed E-state index contributed by atoms with van der Waals surface area (Å²) < 4.78 is 39.1. The van der Waals surface area contributed by atoms with Gasteiger partial charge in [-0.05, 0) is 30.3 Å². The molecule has 0 saturated carbocycles. The molecule has 0 N–H and O–H groups in total. The van der Waals surface area contributed by atoms with Crippen LogP contribution in [0.3, 0.4) is 0 Å². The van der Waals surface area contributed by atoms with Crippen LogP contribution in [0, 0.1) is 0 Å². The Labute approximate surface area is 219 Å². The Bertz CT molecular complexity index is 1470. The van der Waals surface area contributed by atoms with Crippen LogP contribution < -0.4 is 33.2 Å². The Hall–Kier alpha value is -4.66. The molecule has 38 heavy (non-hydrogen) atoms. The number of hydrogen-bond acceptors (Lipinski definition) is 9. The molecule has 0 spiro atoms. The SMILES string of the molecule is COc1cc(OC)c(OC)cc1C=C1Oc2c(ccc3c2C(c2cccc(OC)c2OC)CC(=O)O3)C1=O. The predicted octanol–water partition coefficient (Wildman–Crippen LogP) is 4.79. The minimum atomic E-state index is -0.492. The zero-order valence-electron chi connectivity index (χ0n) is 21.6. The van der Waals surface area contributed by atoms with Crippen LogP contribution in [-0.2, 0) is 4.79 Å². The summed E-state index contributed by atoms with van der Waals surface area (Å²) in [5, 5.41) is 0. The number of hydrogen-bond donors (Lipinski definition) is 0. The van der Waals surface area contributed by atoms with Crippen molar-refractivity contribution in [3.63, 3.8) is 0 Å². The third-order valence-electron chi connectivity index (χ3n) is 6.61. The van der Waals surface area contributed by atoms with Crippen molar-refractivity contribution in [2.75, 3.05) is 35.5 Å². The van der Waals surface area contributed by atoms with E-state index in [1.807, 2.05) is 12.1 Å². The van der Waals surface area contributed by atoms with E-state index in [-0.39, 0.29) is 18.0 Å². The van der Waals surface area contributed by atoms with Crippen molar-refractivity contribution < 1.29 is 42.7 Å². The lowest BCUT2D eigenvalue weighted by molar-refractivity contribution is -0.135. The van der Waals surface area contributed by atoms with Gasteiger partial charge in [0.15, 0.2) is 28.8 Å². The summed E-state index contributed by atoms with van der Waals surface area (Å²) in [6.07, 6.45) is 1.62. The molecule has 0 aromatic heterocycles. The molecule has 0 amide bonds. The van der Waals surface area contributed by atoms with Crippen LogP contribution in [0.1, 0.15) is 39.4 Å². The van der Waals surface area contributed by atoms with Gasteiger partial charge in [-0.1, -0.05) is 12.1 Å². The normalized spacial score (nSPS) is 16.8. The first-order chi connectivity index (χ1) is 18.4. The Kier molecular flexibility index (Phi) is 6.59. The number of ketones is 1. The molecule has 3 aromatic rings. The predicted molar refractivity (Wildman–Crippen MR) is 137 cm³/mol. The summed E-state index contributed by atoms with van der Waals surface area (Å²) in [4.78, 5) is 26.0. The van der Waals surface area contributed by atoms with Crippen molar-refractivity contribution in [1.29, 1.82) is 0 Å². The molecular formula is C29H26O9. The monoisotopic (exact) mass is 518 g/mol. The molecule has 0 aliphatic carbocycles. The van der Waals surface area contributed by atoms with Crippen molar-refractivity contribution >= 4 is 17.8 Å². The third kappa shape index (κ3) is 4.06. The second-order valence-corrected chi connectivity index (χ2v) is 8.56. The fourth-order valence-electron chi connectivity index (χ4n) is 4.86. The Morgan fingerprint density at radius 3 is 2.18 bits per heavy atom. The second-order valence-electron chi connectivity index (χ2n) is 8.56. The maximum Gasteiger partial charge on any atom is 0.312 e. The van der Waals surface area contributed by atoms with Gasteiger partial charge in [-0.25, -0.2) is 0 Å². The van der Waals surface area contributed by atoms with Gasteiger partial charge in [0.1, 0.15) is 17.2 Å². The summed E-state index contributed by atoms with van der Waals surface area (Å²) >= 11 is 0. The maximum atomic E-state index is 13.5. The Balaban J connectivity index is 1.63. The number of fused-ring (bicyclic) bond motifs is 3. The molecule has 2 aliphatic heterocycles. The fourth-order valence-corrected chi connectivity index (χ4v) is 4.86. The summed E-state index contributed by atoms with van der Waals surface area (Å²) in [6.45, 7) is 0. The van der Waals surface area contributed by atoms with Crippen LogP contribution in [0.5, 0.6) is 40.2 Å². The fraction of sp³-hybridized carbons (Fsp3) is 0.241. The van der Waals surface area contributed by atoms with E-state index in [9.17, 15) is 9.59 Å². The number of carbonyl (C=O) groups is 2. The molecule has 0 bridgehead atoms. The summed E-state index contributed by atoms with van der Waals surface area (Å²) in [7, 11) is 7.65. The minimum absolute atomic E-state index is 0.0348. The number of methoxy groups -OCH3 is 5. The van der Waals surface area contributed by atoms with Gasteiger partial charge in [0.25, 0.3) is 0 Å². The number of ether oxygens (including phenoxy) is 7. The Morgan fingerprint density at radius 2 is 1.50 bits per heavy atom. The van der Waals surface area contributed by atoms with E-state index in [2.05, 4.69) is 0 Å². The number of benzene rings is 3. The average Bonchev–Trinajstić information content (AvgIpc) is 3.26. The molecule has 5 rings (SSSR count). The van der Waals surface area contributed by atoms with E-state index in [4.69, 9.17) is 33.2 Å². The first kappa shape index (κ1) is 25.0. The molecule has 1 atom stereocenters. The van der Waals surface area contributed by atoms with E-state index in [1.165, 1.54) is 28.4 Å². The molecule has 0 radical (unpaired) electrons. The number of Topliss-reactive ketones (excluding diaryl/α,β-unsaturated/α-hetero) is 1. The minimum Gasteiger partial charge on any atom is -0.496 e. The van der Waals surface area contributed by atoms with Gasteiger partial charge in [0.2, 0.25) is 5.78 Å². The highest BCUT2D eigenvalue weighted by atomic mass is 16.5. The Morgan fingerprint density at radius 1 is 0.789 bits per heavy atom. The van der Waals surface area contributed by atoms with Crippen LogP contribution in [-0.4, -0.2) is 47.3 Å². The van der Waals surface area contributed by atoms with Gasteiger partial charge < -0.3 is 33.2 Å². The molecule has 196 valence electrons. The van der Waals surface area contributed by atoms with Crippen molar-refractivity contribution in [3.8, 4) is 40.2 Å². The summed E-state index contributed by atoms with van der Waals surface area (Å²) in [5.41, 5.74) is 2.23. The summed E-state index contributed by atoms with van der Waals surface area (Å²) in [5.74, 6) is 1.99. The first-order valence-electron chi connectivity index (χ1n) is 11.8. The molecule has 1 unspecified atom stereocenters. The highest BCUT2D eigenvalue weighted by Gasteiger charge is 2.40. The molecule has 2 heterocycles. The van der Waals surface area contributed by atoms with Crippen molar-refractivity contribution in [3.05, 3.63) is 70.5 Å². The molecule has 9 nitrogen and oxygen atoms in total. The molecule has 0 saturated heterocycles. The highest BCUT2D eigenvalue weighted by molar-refractivity contribution is 6.15. The van der Waals surface area contributed by atoms with E-state index >= 15 is 0 Å². The first-order valence-corrected chi connectivity index (χ1v) is 11.8. The van der Waals surface area contributed by atoms with Crippen molar-refractivity contribution in [1.82, 2.24) is 0 Å². The third-order valence-corrected chi connectivity index (χ3v) is 6.61. The van der Waals surface area contributed by atoms with Gasteiger partial charge in [0, 0.05) is 28.7 Å². The van der Waals surface area contributed by atoms with Gasteiger partial charge in [-0.15, -0.1) is 0 Å². The number of para-hydroxylation sites is 1. The van der Waals surface area contributed by atoms with E-state index < -0.39 is 11.9 Å². The van der Waals surface area contributed by atoms with E-state index in [1.54, 1.807) is 43.5 Å². The maximum absolute atomic E-state index is 13.5. The number of allylic oxidation sites excluding steroid dienone is 1. The smallest absolute Gasteiger partial charge is 0.312 e. The van der Waals surface area contributed by atoms with Gasteiger partial charge in [0.05, 0.1) is 47.5 Å². The molecule has 2 aliphatic rings. The number of rotatable bonds is 7. The van der Waals surface area contributed by atoms with Crippen molar-refractivity contribution in [2.24, 2.45) is 0 Å². The molecule has 3 aromatic carbocycles. The topological polar surface area (TPSA) is 98.8 Å². The molecule has 9 heteroatoms.